The molecule has 13 nitrogen and oxygen atoms in total. The minimum atomic E-state index is -1.28. The summed E-state index contributed by atoms with van der Waals surface area (Å²) in [6.45, 7) is 2.76. The number of imidazole rings is 1. The highest BCUT2D eigenvalue weighted by molar-refractivity contribution is 5.86. The van der Waals surface area contributed by atoms with Crippen molar-refractivity contribution in [1.82, 2.24) is 34.9 Å². The molecule has 4 aromatic rings. The number of aryl methyl sites for hydroxylation is 1. The molecule has 5 atom stereocenters. The lowest BCUT2D eigenvalue weighted by molar-refractivity contribution is -0.0511. The smallest absolute Gasteiger partial charge is 0.186 e. The Morgan fingerprint density at radius 1 is 1.11 bits per heavy atom. The van der Waals surface area contributed by atoms with Crippen molar-refractivity contribution in [1.29, 1.82) is 0 Å². The van der Waals surface area contributed by atoms with E-state index in [0.717, 1.165) is 17.5 Å². The molecular weight excluding hydrogens is 468 g/mol. The number of nitrogens with one attached hydrogen (secondary N) is 2. The highest BCUT2D eigenvalue weighted by Crippen LogP contribution is 2.34. The van der Waals surface area contributed by atoms with E-state index >= 15 is 0 Å². The van der Waals surface area contributed by atoms with E-state index in [-0.39, 0.29) is 6.04 Å². The molecule has 3 aromatic heterocycles. The van der Waals surface area contributed by atoms with Crippen molar-refractivity contribution in [3.05, 3.63) is 36.2 Å². The number of H-pyrrole nitrogens is 1. The van der Waals surface area contributed by atoms with Gasteiger partial charge in [0.2, 0.25) is 0 Å². The van der Waals surface area contributed by atoms with Crippen molar-refractivity contribution in [3.8, 4) is 22.8 Å². The lowest BCUT2D eigenvalue weighted by atomic mass is 10.1. The van der Waals surface area contributed by atoms with E-state index in [1.165, 1.54) is 10.9 Å². The van der Waals surface area contributed by atoms with E-state index in [1.54, 1.807) is 0 Å². The number of hydrogen-bond donors (Lipinski definition) is 5. The Morgan fingerprint density at radius 3 is 2.64 bits per heavy atom. The maximum Gasteiger partial charge on any atom is 0.186 e. The summed E-state index contributed by atoms with van der Waals surface area (Å²) in [5.74, 6) is 0.774. The van der Waals surface area contributed by atoms with E-state index in [4.69, 9.17) is 19.4 Å². The summed E-state index contributed by atoms with van der Waals surface area (Å²) in [5, 5.41) is 45.2. The Labute approximate surface area is 205 Å². The van der Waals surface area contributed by atoms with Gasteiger partial charge in [-0.1, -0.05) is 29.8 Å². The summed E-state index contributed by atoms with van der Waals surface area (Å²) in [6.07, 6.45) is -2.18. The number of anilines is 1. The largest absolute Gasteiger partial charge is 0.394 e. The second-order valence-electron chi connectivity index (χ2n) is 9.04. The van der Waals surface area contributed by atoms with E-state index in [9.17, 15) is 15.3 Å². The molecule has 2 fully saturated rings. The fourth-order valence-corrected chi connectivity index (χ4v) is 4.56. The van der Waals surface area contributed by atoms with Crippen LogP contribution in [0, 0.1) is 6.92 Å². The summed E-state index contributed by atoms with van der Waals surface area (Å²) >= 11 is 0. The molecule has 0 saturated carbocycles. The van der Waals surface area contributed by atoms with Crippen LogP contribution in [-0.4, -0.2) is 94.4 Å². The van der Waals surface area contributed by atoms with Gasteiger partial charge in [-0.2, -0.15) is 15.4 Å². The molecule has 1 unspecified atom stereocenters. The van der Waals surface area contributed by atoms with E-state index in [0.29, 0.717) is 47.4 Å². The molecule has 2 saturated heterocycles. The number of nitrogens with zero attached hydrogens (tertiary/aromatic N) is 6. The third-order valence-electron chi connectivity index (χ3n) is 6.57. The van der Waals surface area contributed by atoms with Crippen LogP contribution in [-0.2, 0) is 9.47 Å². The molecule has 13 heteroatoms. The van der Waals surface area contributed by atoms with Gasteiger partial charge in [0.15, 0.2) is 34.7 Å². The molecule has 2 aliphatic rings. The van der Waals surface area contributed by atoms with Crippen molar-refractivity contribution >= 4 is 17.0 Å². The zero-order valence-electron chi connectivity index (χ0n) is 19.4. The average Bonchev–Trinajstić information content (AvgIpc) is 3.68. The Bertz CT molecular complexity index is 1370. The molecule has 2 aliphatic heterocycles. The fourth-order valence-electron chi connectivity index (χ4n) is 4.56. The van der Waals surface area contributed by atoms with E-state index in [1.807, 2.05) is 31.2 Å². The molecule has 6 rings (SSSR count). The number of aliphatic hydroxyl groups excluding tert-OH is 3. The van der Waals surface area contributed by atoms with Gasteiger partial charge in [-0.05, 0) is 13.3 Å². The average molecular weight is 495 g/mol. The summed E-state index contributed by atoms with van der Waals surface area (Å²) < 4.78 is 12.8. The van der Waals surface area contributed by atoms with Gasteiger partial charge in [0, 0.05) is 12.2 Å². The first-order valence-corrected chi connectivity index (χ1v) is 11.7. The molecular formula is C23H26N8O5. The maximum absolute atomic E-state index is 10.6. The second-order valence-corrected chi connectivity index (χ2v) is 9.04. The van der Waals surface area contributed by atoms with Crippen LogP contribution < -0.4 is 5.32 Å². The molecule has 188 valence electrons. The second kappa shape index (κ2) is 9.19. The summed E-state index contributed by atoms with van der Waals surface area (Å²) in [7, 11) is 0. The van der Waals surface area contributed by atoms with Crippen LogP contribution in [0.4, 0.5) is 5.82 Å². The third-order valence-corrected chi connectivity index (χ3v) is 6.57. The topological polar surface area (TPSA) is 176 Å². The Hall–Kier alpha value is -3.49. The van der Waals surface area contributed by atoms with Gasteiger partial charge in [-0.3, -0.25) is 4.57 Å². The molecule has 1 aromatic carbocycles. The van der Waals surface area contributed by atoms with Crippen LogP contribution in [0.2, 0.25) is 0 Å². The minimum Gasteiger partial charge on any atom is -0.394 e. The van der Waals surface area contributed by atoms with Gasteiger partial charge in [0.1, 0.15) is 24.0 Å². The lowest BCUT2D eigenvalue weighted by Gasteiger charge is -2.17. The molecule has 0 radical (unpaired) electrons. The summed E-state index contributed by atoms with van der Waals surface area (Å²) in [5.41, 5.74) is 3.83. The van der Waals surface area contributed by atoms with Crippen molar-refractivity contribution < 1.29 is 24.8 Å². The summed E-state index contributed by atoms with van der Waals surface area (Å²) in [6, 6.07) is 7.92. The number of aromatic amines is 1. The van der Waals surface area contributed by atoms with Crippen molar-refractivity contribution in [2.24, 2.45) is 0 Å². The normalized spacial score (nSPS) is 26.2. The van der Waals surface area contributed by atoms with Crippen LogP contribution >= 0.6 is 0 Å². The highest BCUT2D eigenvalue weighted by Gasteiger charge is 2.44. The first kappa shape index (κ1) is 22.9. The summed E-state index contributed by atoms with van der Waals surface area (Å²) in [4.78, 5) is 14.0. The number of aromatic nitrogens is 7. The van der Waals surface area contributed by atoms with Gasteiger partial charge in [0.05, 0.1) is 25.6 Å². The minimum absolute atomic E-state index is 0.0453. The predicted molar refractivity (Wildman–Crippen MR) is 127 cm³/mol. The monoisotopic (exact) mass is 494 g/mol. The van der Waals surface area contributed by atoms with Crippen LogP contribution in [0.3, 0.4) is 0 Å². The molecule has 0 aliphatic carbocycles. The standard InChI is InChI=1S/C23H26N8O5/c1-11-2-4-12(5-3-11)15-16(29-30-28-15)20-26-21(25-13-6-7-35-9-13)17-22(27-20)31(10-24-17)23-19(34)18(33)14(8-32)36-23/h2-5,10,13-14,18-19,23,32-34H,6-9H2,1H3,(H,25,26,27)(H,28,29,30)/t13?,14-,18-,19-,23-/m1/s1. The van der Waals surface area contributed by atoms with Crippen LogP contribution in [0.1, 0.15) is 18.2 Å². The number of hydrogen-bond acceptors (Lipinski definition) is 11. The van der Waals surface area contributed by atoms with Gasteiger partial charge in [0.25, 0.3) is 0 Å². The highest BCUT2D eigenvalue weighted by atomic mass is 16.6. The zero-order valence-corrected chi connectivity index (χ0v) is 19.4. The Balaban J connectivity index is 1.48. The Morgan fingerprint density at radius 2 is 1.92 bits per heavy atom. The Kier molecular flexibility index (Phi) is 5.85. The molecule has 36 heavy (non-hydrogen) atoms. The van der Waals surface area contributed by atoms with Crippen molar-refractivity contribution in [2.45, 2.75) is 43.9 Å². The van der Waals surface area contributed by atoms with E-state index < -0.39 is 31.1 Å². The van der Waals surface area contributed by atoms with Gasteiger partial charge in [-0.25, -0.2) is 15.0 Å². The van der Waals surface area contributed by atoms with Crippen LogP contribution in [0.15, 0.2) is 30.6 Å². The molecule has 0 amide bonds. The number of ether oxygens (including phenoxy) is 2. The van der Waals surface area contributed by atoms with Crippen molar-refractivity contribution in [3.63, 3.8) is 0 Å². The van der Waals surface area contributed by atoms with Crippen molar-refractivity contribution in [2.75, 3.05) is 25.1 Å². The number of benzene rings is 1. The van der Waals surface area contributed by atoms with Gasteiger partial charge >= 0.3 is 0 Å². The fraction of sp³-hybridized carbons (Fsp3) is 0.435. The molecule has 5 heterocycles. The van der Waals surface area contributed by atoms with Crippen LogP contribution in [0.5, 0.6) is 0 Å². The number of rotatable bonds is 6. The molecule has 5 N–H and O–H groups in total. The molecule has 0 bridgehead atoms. The zero-order chi connectivity index (χ0) is 24.8. The molecule has 0 spiro atoms. The van der Waals surface area contributed by atoms with Crippen LogP contribution in [0.25, 0.3) is 33.9 Å². The van der Waals surface area contributed by atoms with E-state index in [2.05, 4.69) is 25.7 Å². The third kappa shape index (κ3) is 3.90. The number of fused-ring (bicyclic) bond motifs is 1. The first-order chi connectivity index (χ1) is 17.5. The first-order valence-electron chi connectivity index (χ1n) is 11.7. The van der Waals surface area contributed by atoms with Gasteiger partial charge < -0.3 is 30.1 Å². The quantitative estimate of drug-likeness (QED) is 0.251. The maximum atomic E-state index is 10.6. The predicted octanol–water partition coefficient (Wildman–Crippen LogP) is 0.399. The number of aliphatic hydroxyl groups is 3. The lowest BCUT2D eigenvalue weighted by Crippen LogP contribution is -2.33. The SMILES string of the molecule is Cc1ccc(-c2n[nH]nc2-c2nc(NC3CCOC3)c3ncn([C@@H]4O[C@H](CO)[C@@H](O)[C@H]4O)c3n2)cc1. The van der Waals surface area contributed by atoms with Gasteiger partial charge in [-0.15, -0.1) is 0 Å².